The Kier molecular flexibility index (Phi) is 4.44. The van der Waals surface area contributed by atoms with Crippen LogP contribution in [0.3, 0.4) is 0 Å². The summed E-state index contributed by atoms with van der Waals surface area (Å²) in [5.74, 6) is 0.612. The van der Waals surface area contributed by atoms with E-state index in [9.17, 15) is 0 Å². The molecule has 0 atom stereocenters. The van der Waals surface area contributed by atoms with E-state index in [1.165, 1.54) is 6.42 Å². The summed E-state index contributed by atoms with van der Waals surface area (Å²) in [6.45, 7) is 0. The molecule has 0 unspecified atom stereocenters. The third-order valence-corrected chi connectivity index (χ3v) is 6.97. The van der Waals surface area contributed by atoms with Gasteiger partial charge in [-0.15, -0.1) is 11.3 Å². The maximum atomic E-state index is 6.71. The quantitative estimate of drug-likeness (QED) is 0.622. The molecule has 29 heavy (non-hydrogen) atoms. The minimum absolute atomic E-state index is 0.248. The van der Waals surface area contributed by atoms with Crippen molar-refractivity contribution in [1.82, 2.24) is 4.98 Å². The highest BCUT2D eigenvalue weighted by Gasteiger charge is 2.42. The first-order valence-electron chi connectivity index (χ1n) is 9.71. The molecular weight excluding hydrogens is 404 g/mol. The van der Waals surface area contributed by atoms with Crippen LogP contribution in [0.2, 0.25) is 5.02 Å². The van der Waals surface area contributed by atoms with E-state index >= 15 is 0 Å². The molecule has 0 bridgehead atoms. The fourth-order valence-corrected chi connectivity index (χ4v) is 5.62. The lowest BCUT2D eigenvalue weighted by Crippen LogP contribution is -2.58. The molecule has 0 radical (unpaired) electrons. The van der Waals surface area contributed by atoms with Crippen LogP contribution in [0.1, 0.15) is 32.1 Å². The molecule has 1 saturated carbocycles. The van der Waals surface area contributed by atoms with Crippen LogP contribution >= 0.6 is 22.9 Å². The van der Waals surface area contributed by atoms with Crippen LogP contribution in [-0.4, -0.2) is 22.6 Å². The maximum Gasteiger partial charge on any atom is 0.220 e. The van der Waals surface area contributed by atoms with E-state index in [1.807, 2.05) is 41.3 Å². The van der Waals surface area contributed by atoms with Crippen LogP contribution in [0, 0.1) is 0 Å². The molecule has 1 spiro atoms. The van der Waals surface area contributed by atoms with Gasteiger partial charge in [0.15, 0.2) is 0 Å². The first kappa shape index (κ1) is 18.4. The normalized spacial score (nSPS) is 18.7. The Morgan fingerprint density at radius 3 is 2.59 bits per heavy atom. The smallest absolute Gasteiger partial charge is 0.220 e. The average Bonchev–Trinajstić information content (AvgIpc) is 3.12. The van der Waals surface area contributed by atoms with Crippen LogP contribution in [0.25, 0.3) is 20.8 Å². The van der Waals surface area contributed by atoms with E-state index < -0.39 is 5.66 Å². The number of aromatic nitrogens is 1. The van der Waals surface area contributed by atoms with E-state index in [2.05, 4.69) is 11.1 Å². The second kappa shape index (κ2) is 7.00. The van der Waals surface area contributed by atoms with Gasteiger partial charge in [0.2, 0.25) is 11.9 Å². The molecule has 2 aromatic carbocycles. The van der Waals surface area contributed by atoms with Gasteiger partial charge in [-0.3, -0.25) is 4.90 Å². The fraction of sp³-hybridized carbons (Fsp3) is 0.286. The highest BCUT2D eigenvalue weighted by molar-refractivity contribution is 7.21. The maximum absolute atomic E-state index is 6.71. The molecule has 8 heteroatoms. The average molecular weight is 425 g/mol. The SMILES string of the molecule is NC1=NC2(CCCCC2)N(c2ccc(-c3nc4ccccc4s3)c(Cl)c2)C(N)=N1. The van der Waals surface area contributed by atoms with Gasteiger partial charge in [-0.25, -0.2) is 9.98 Å². The number of hydrogen-bond acceptors (Lipinski definition) is 7. The number of thiazole rings is 1. The summed E-state index contributed by atoms with van der Waals surface area (Å²) in [6.07, 6.45) is 5.14. The van der Waals surface area contributed by atoms with Crippen LogP contribution in [0.15, 0.2) is 52.4 Å². The van der Waals surface area contributed by atoms with Crippen LogP contribution in [0.5, 0.6) is 0 Å². The molecular formula is C21H21ClN6S. The van der Waals surface area contributed by atoms with Gasteiger partial charge in [0.25, 0.3) is 0 Å². The number of rotatable bonds is 2. The summed E-state index contributed by atoms with van der Waals surface area (Å²) in [4.78, 5) is 15.7. The second-order valence-corrected chi connectivity index (χ2v) is 8.91. The largest absolute Gasteiger partial charge is 0.369 e. The minimum atomic E-state index is -0.477. The molecule has 1 fully saturated rings. The van der Waals surface area contributed by atoms with E-state index in [0.29, 0.717) is 11.0 Å². The summed E-state index contributed by atoms with van der Waals surface area (Å²) in [7, 11) is 0. The van der Waals surface area contributed by atoms with Gasteiger partial charge in [-0.2, -0.15) is 4.99 Å². The third kappa shape index (κ3) is 3.14. The summed E-state index contributed by atoms with van der Waals surface area (Å²) in [5.41, 5.74) is 14.6. The molecule has 1 aliphatic heterocycles. The molecule has 2 heterocycles. The van der Waals surface area contributed by atoms with Crippen molar-refractivity contribution in [2.24, 2.45) is 21.5 Å². The molecule has 4 N–H and O–H groups in total. The Bertz CT molecular complexity index is 1110. The van der Waals surface area contributed by atoms with E-state index in [0.717, 1.165) is 52.2 Å². The first-order valence-corrected chi connectivity index (χ1v) is 10.9. The minimum Gasteiger partial charge on any atom is -0.369 e. The van der Waals surface area contributed by atoms with Gasteiger partial charge >= 0.3 is 0 Å². The van der Waals surface area contributed by atoms with Gasteiger partial charge in [-0.1, -0.05) is 30.2 Å². The second-order valence-electron chi connectivity index (χ2n) is 7.47. The van der Waals surface area contributed by atoms with Crippen molar-refractivity contribution in [3.63, 3.8) is 0 Å². The zero-order valence-corrected chi connectivity index (χ0v) is 17.4. The zero-order chi connectivity index (χ0) is 20.0. The molecule has 1 aromatic heterocycles. The van der Waals surface area contributed by atoms with Crippen molar-refractivity contribution in [3.8, 4) is 10.6 Å². The number of hydrogen-bond donors (Lipinski definition) is 2. The standard InChI is InChI=1S/C21H21ClN6S/c22-15-12-13(8-9-14(15)18-25-16-6-2-3-7-17(16)29-18)28-20(24)26-19(23)27-21(28)10-4-1-5-11-21/h2-3,6-9,12H,1,4-5,10-11H2,(H4,23,24,26,27). The van der Waals surface area contributed by atoms with Gasteiger partial charge in [0.05, 0.1) is 15.2 Å². The number of para-hydroxylation sites is 1. The number of nitrogens with zero attached hydrogens (tertiary/aromatic N) is 4. The lowest BCUT2D eigenvalue weighted by molar-refractivity contribution is 0.305. The topological polar surface area (TPSA) is 92.9 Å². The van der Waals surface area contributed by atoms with Crippen molar-refractivity contribution < 1.29 is 0 Å². The highest BCUT2D eigenvalue weighted by atomic mass is 35.5. The predicted octanol–water partition coefficient (Wildman–Crippen LogP) is 4.73. The molecule has 3 aromatic rings. The van der Waals surface area contributed by atoms with Crippen molar-refractivity contribution in [3.05, 3.63) is 47.5 Å². The monoisotopic (exact) mass is 424 g/mol. The Labute approximate surface area is 177 Å². The molecule has 0 saturated heterocycles. The number of anilines is 1. The summed E-state index contributed by atoms with van der Waals surface area (Å²) >= 11 is 8.35. The van der Waals surface area contributed by atoms with Crippen LogP contribution in [-0.2, 0) is 0 Å². The van der Waals surface area contributed by atoms with Crippen molar-refractivity contribution in [1.29, 1.82) is 0 Å². The highest BCUT2D eigenvalue weighted by Crippen LogP contribution is 2.42. The number of guanidine groups is 2. The van der Waals surface area contributed by atoms with Crippen molar-refractivity contribution >= 4 is 50.8 Å². The van der Waals surface area contributed by atoms with E-state index in [-0.39, 0.29) is 5.96 Å². The summed E-state index contributed by atoms with van der Waals surface area (Å²) < 4.78 is 1.14. The van der Waals surface area contributed by atoms with Gasteiger partial charge in [0, 0.05) is 11.3 Å². The molecule has 1 aliphatic carbocycles. The Hall–Kier alpha value is -2.64. The number of fused-ring (bicyclic) bond motifs is 1. The van der Waals surface area contributed by atoms with Crippen LogP contribution < -0.4 is 16.4 Å². The van der Waals surface area contributed by atoms with E-state index in [1.54, 1.807) is 11.3 Å². The Morgan fingerprint density at radius 1 is 1.03 bits per heavy atom. The molecule has 0 amide bonds. The lowest BCUT2D eigenvalue weighted by Gasteiger charge is -2.45. The number of benzene rings is 2. The Morgan fingerprint density at radius 2 is 1.83 bits per heavy atom. The predicted molar refractivity (Wildman–Crippen MR) is 122 cm³/mol. The van der Waals surface area contributed by atoms with Gasteiger partial charge in [-0.05, 0) is 56.0 Å². The van der Waals surface area contributed by atoms with Crippen LogP contribution in [0.4, 0.5) is 5.69 Å². The summed E-state index contributed by atoms with van der Waals surface area (Å²) in [6, 6.07) is 14.0. The van der Waals surface area contributed by atoms with Crippen molar-refractivity contribution in [2.75, 3.05) is 4.90 Å². The number of halogens is 1. The lowest BCUT2D eigenvalue weighted by atomic mass is 9.87. The third-order valence-electron chi connectivity index (χ3n) is 5.59. The van der Waals surface area contributed by atoms with Gasteiger partial charge in [0.1, 0.15) is 10.7 Å². The van der Waals surface area contributed by atoms with E-state index in [4.69, 9.17) is 33.0 Å². The number of nitrogens with two attached hydrogens (primary N) is 2. The Balaban J connectivity index is 1.56. The molecule has 148 valence electrons. The molecule has 6 nitrogen and oxygen atoms in total. The first-order chi connectivity index (χ1) is 14.1. The summed E-state index contributed by atoms with van der Waals surface area (Å²) in [5, 5.41) is 1.53. The molecule has 5 rings (SSSR count). The van der Waals surface area contributed by atoms with Crippen molar-refractivity contribution in [2.45, 2.75) is 37.8 Å². The molecule has 2 aliphatic rings. The fourth-order valence-electron chi connectivity index (χ4n) is 4.30. The number of aliphatic imine (C=N–C) groups is 2. The zero-order valence-electron chi connectivity index (χ0n) is 15.8. The van der Waals surface area contributed by atoms with Gasteiger partial charge < -0.3 is 11.5 Å².